The summed E-state index contributed by atoms with van der Waals surface area (Å²) in [7, 11) is 0. The fraction of sp³-hybridized carbons (Fsp3) is 0.368. The normalized spacial score (nSPS) is 13.4. The van der Waals surface area contributed by atoms with Crippen LogP contribution in [0.25, 0.3) is 11.4 Å². The zero-order chi connectivity index (χ0) is 20.5. The van der Waals surface area contributed by atoms with Crippen LogP contribution in [-0.2, 0) is 11.6 Å². The molecule has 3 aromatic heterocycles. The lowest BCUT2D eigenvalue weighted by Crippen LogP contribution is -2.15. The van der Waals surface area contributed by atoms with Gasteiger partial charge in [-0.25, -0.2) is 15.0 Å². The van der Waals surface area contributed by atoms with Crippen LogP contribution in [-0.4, -0.2) is 19.9 Å². The zero-order valence-corrected chi connectivity index (χ0v) is 16.7. The highest BCUT2D eigenvalue weighted by Gasteiger charge is 2.34. The first-order chi connectivity index (χ1) is 13.0. The number of anilines is 1. The van der Waals surface area contributed by atoms with Crippen LogP contribution >= 0.6 is 11.3 Å². The van der Waals surface area contributed by atoms with Gasteiger partial charge < -0.3 is 5.32 Å². The van der Waals surface area contributed by atoms with Gasteiger partial charge in [0.25, 0.3) is 0 Å². The number of thiazole rings is 1. The van der Waals surface area contributed by atoms with Crippen LogP contribution < -0.4 is 5.32 Å². The molecule has 3 rings (SSSR count). The van der Waals surface area contributed by atoms with E-state index in [9.17, 15) is 13.2 Å². The van der Waals surface area contributed by atoms with Crippen molar-refractivity contribution >= 4 is 17.2 Å². The summed E-state index contributed by atoms with van der Waals surface area (Å²) >= 11 is 1.47. The molecule has 1 N–H and O–H groups in total. The third kappa shape index (κ3) is 4.64. The Kier molecular flexibility index (Phi) is 5.38. The van der Waals surface area contributed by atoms with Crippen LogP contribution in [0, 0.1) is 0 Å². The van der Waals surface area contributed by atoms with Crippen molar-refractivity contribution in [3.63, 3.8) is 0 Å². The van der Waals surface area contributed by atoms with E-state index in [0.717, 1.165) is 16.8 Å². The molecule has 3 aromatic rings. The Morgan fingerprint density at radius 3 is 2.25 bits per heavy atom. The van der Waals surface area contributed by atoms with Crippen LogP contribution in [0.1, 0.15) is 50.1 Å². The van der Waals surface area contributed by atoms with Crippen LogP contribution in [0.5, 0.6) is 0 Å². The van der Waals surface area contributed by atoms with Gasteiger partial charge in [0, 0.05) is 34.8 Å². The van der Waals surface area contributed by atoms with Crippen molar-refractivity contribution in [3.8, 4) is 11.4 Å². The summed E-state index contributed by atoms with van der Waals surface area (Å²) in [5, 5.41) is 5.78. The van der Waals surface area contributed by atoms with Crippen LogP contribution in [0.2, 0.25) is 0 Å². The molecule has 1 unspecified atom stereocenters. The molecular formula is C19H20F3N5S. The van der Waals surface area contributed by atoms with E-state index >= 15 is 0 Å². The third-order valence-electron chi connectivity index (χ3n) is 3.98. The van der Waals surface area contributed by atoms with Crippen molar-refractivity contribution in [1.82, 2.24) is 19.9 Å². The Bertz CT molecular complexity index is 948. The highest BCUT2D eigenvalue weighted by atomic mass is 32.1. The molecule has 0 aliphatic heterocycles. The second-order valence-electron chi connectivity index (χ2n) is 7.38. The van der Waals surface area contributed by atoms with E-state index < -0.39 is 11.9 Å². The van der Waals surface area contributed by atoms with E-state index in [1.165, 1.54) is 23.7 Å². The molecule has 3 heterocycles. The Hall–Kier alpha value is -2.55. The molecule has 0 amide bonds. The first-order valence-electron chi connectivity index (χ1n) is 8.63. The number of rotatable bonds is 4. The van der Waals surface area contributed by atoms with Crippen molar-refractivity contribution in [1.29, 1.82) is 0 Å². The van der Waals surface area contributed by atoms with Gasteiger partial charge in [0.1, 0.15) is 10.8 Å². The number of hydrogen-bond acceptors (Lipinski definition) is 6. The molecule has 0 fully saturated rings. The Labute approximate surface area is 165 Å². The predicted molar refractivity (Wildman–Crippen MR) is 103 cm³/mol. The molecule has 0 saturated heterocycles. The standard InChI is InChI=1S/C19H20F3N5S/c1-11(17-26-14(10-28-17)18(2,3)4)24-15-9-13(19(20,21)22)25-16(27-15)12-5-7-23-8-6-12/h5-11H,1-4H3,(H,24,25,27). The summed E-state index contributed by atoms with van der Waals surface area (Å²) in [6, 6.07) is 3.75. The second kappa shape index (κ2) is 7.46. The van der Waals surface area contributed by atoms with Crippen molar-refractivity contribution in [2.75, 3.05) is 5.32 Å². The van der Waals surface area contributed by atoms with Crippen LogP contribution in [0.4, 0.5) is 19.0 Å². The molecule has 9 heteroatoms. The van der Waals surface area contributed by atoms with Gasteiger partial charge >= 0.3 is 6.18 Å². The minimum absolute atomic E-state index is 0.0126. The smallest absolute Gasteiger partial charge is 0.361 e. The highest BCUT2D eigenvalue weighted by molar-refractivity contribution is 7.09. The van der Waals surface area contributed by atoms with Gasteiger partial charge in [0.15, 0.2) is 11.5 Å². The summed E-state index contributed by atoms with van der Waals surface area (Å²) < 4.78 is 40.0. The molecule has 0 aliphatic rings. The number of aromatic nitrogens is 4. The topological polar surface area (TPSA) is 63.6 Å². The molecule has 0 spiro atoms. The zero-order valence-electron chi connectivity index (χ0n) is 15.9. The Morgan fingerprint density at radius 2 is 1.68 bits per heavy atom. The van der Waals surface area contributed by atoms with Gasteiger partial charge in [-0.15, -0.1) is 11.3 Å². The number of alkyl halides is 3. The van der Waals surface area contributed by atoms with E-state index in [1.54, 1.807) is 12.1 Å². The quantitative estimate of drug-likeness (QED) is 0.620. The van der Waals surface area contributed by atoms with Crippen molar-refractivity contribution in [2.45, 2.75) is 45.3 Å². The molecule has 0 saturated carbocycles. The van der Waals surface area contributed by atoms with E-state index in [1.807, 2.05) is 12.3 Å². The summed E-state index contributed by atoms with van der Waals surface area (Å²) in [5.74, 6) is 0.0793. The fourth-order valence-corrected chi connectivity index (χ4v) is 3.46. The number of hydrogen-bond donors (Lipinski definition) is 1. The maximum absolute atomic E-state index is 13.3. The number of pyridine rings is 1. The molecule has 0 bridgehead atoms. The van der Waals surface area contributed by atoms with E-state index in [4.69, 9.17) is 0 Å². The molecule has 0 aromatic carbocycles. The first kappa shape index (κ1) is 20.2. The third-order valence-corrected chi connectivity index (χ3v) is 5.01. The van der Waals surface area contributed by atoms with E-state index in [-0.39, 0.29) is 23.1 Å². The molecule has 0 radical (unpaired) electrons. The number of nitrogens with zero attached hydrogens (tertiary/aromatic N) is 4. The molecular weight excluding hydrogens is 387 g/mol. The van der Waals surface area contributed by atoms with Gasteiger partial charge in [0.05, 0.1) is 11.7 Å². The molecule has 28 heavy (non-hydrogen) atoms. The van der Waals surface area contributed by atoms with Crippen LogP contribution in [0.3, 0.4) is 0 Å². The summed E-state index contributed by atoms with van der Waals surface area (Å²) in [4.78, 5) is 16.4. The van der Waals surface area contributed by atoms with Gasteiger partial charge in [-0.1, -0.05) is 20.8 Å². The highest BCUT2D eigenvalue weighted by Crippen LogP contribution is 2.32. The minimum atomic E-state index is -4.58. The second-order valence-corrected chi connectivity index (χ2v) is 8.27. The van der Waals surface area contributed by atoms with Crippen LogP contribution in [0.15, 0.2) is 36.0 Å². The summed E-state index contributed by atoms with van der Waals surface area (Å²) in [6.07, 6.45) is -1.61. The van der Waals surface area contributed by atoms with Crippen molar-refractivity contribution < 1.29 is 13.2 Å². The molecule has 5 nitrogen and oxygen atoms in total. The number of halogens is 3. The maximum Gasteiger partial charge on any atom is 0.433 e. The largest absolute Gasteiger partial charge is 0.433 e. The van der Waals surface area contributed by atoms with E-state index in [0.29, 0.717) is 5.56 Å². The monoisotopic (exact) mass is 407 g/mol. The average Bonchev–Trinajstić information content (AvgIpc) is 3.12. The molecule has 148 valence electrons. The van der Waals surface area contributed by atoms with Gasteiger partial charge in [0.2, 0.25) is 0 Å². The maximum atomic E-state index is 13.3. The molecule has 1 atom stereocenters. The SMILES string of the molecule is CC(Nc1cc(C(F)(F)F)nc(-c2ccncc2)n1)c1nc(C(C)(C)C)cs1. The van der Waals surface area contributed by atoms with Gasteiger partial charge in [-0.2, -0.15) is 13.2 Å². The lowest BCUT2D eigenvalue weighted by molar-refractivity contribution is -0.141. The lowest BCUT2D eigenvalue weighted by atomic mass is 9.93. The Morgan fingerprint density at radius 1 is 1.00 bits per heavy atom. The van der Waals surface area contributed by atoms with E-state index in [2.05, 4.69) is 46.0 Å². The minimum Gasteiger partial charge on any atom is -0.361 e. The van der Waals surface area contributed by atoms with Crippen molar-refractivity contribution in [2.24, 2.45) is 0 Å². The van der Waals surface area contributed by atoms with Crippen molar-refractivity contribution in [3.05, 3.63) is 52.4 Å². The lowest BCUT2D eigenvalue weighted by Gasteiger charge is -2.16. The van der Waals surface area contributed by atoms with Gasteiger partial charge in [-0.05, 0) is 19.1 Å². The molecule has 0 aliphatic carbocycles. The predicted octanol–water partition coefficient (Wildman–Crippen LogP) is 5.48. The average molecular weight is 407 g/mol. The summed E-state index contributed by atoms with van der Waals surface area (Å²) in [5.41, 5.74) is 0.304. The fourth-order valence-electron chi connectivity index (χ4n) is 2.41. The van der Waals surface area contributed by atoms with Gasteiger partial charge in [-0.3, -0.25) is 4.98 Å². The number of nitrogens with one attached hydrogen (secondary N) is 1. The first-order valence-corrected chi connectivity index (χ1v) is 9.51. The Balaban J connectivity index is 1.93. The summed E-state index contributed by atoms with van der Waals surface area (Å²) in [6.45, 7) is 8.02.